The molecule has 1 heterocycles. The van der Waals surface area contributed by atoms with Crippen molar-refractivity contribution in [3.05, 3.63) is 17.8 Å². The number of hydrogen-bond donors (Lipinski definition) is 2. The molecule has 0 radical (unpaired) electrons. The summed E-state index contributed by atoms with van der Waals surface area (Å²) in [4.78, 5) is 17.4. The Hall–Kier alpha value is -1.78. The van der Waals surface area contributed by atoms with Crippen LogP contribution in [0.25, 0.3) is 0 Å². The first-order valence-electron chi connectivity index (χ1n) is 6.77. The Kier molecular flexibility index (Phi) is 5.60. The normalized spacial score (nSPS) is 10.7. The Morgan fingerprint density at radius 3 is 2.53 bits per heavy atom. The zero-order chi connectivity index (χ0) is 14.4. The average Bonchev–Trinajstić information content (AvgIpc) is 2.41. The molecule has 19 heavy (non-hydrogen) atoms. The van der Waals surface area contributed by atoms with E-state index < -0.39 is 5.97 Å². The number of rotatable bonds is 7. The molecule has 1 aromatic rings. The fraction of sp³-hybridized carbons (Fsp3) is 0.571. The van der Waals surface area contributed by atoms with Gasteiger partial charge in [-0.3, -0.25) is 0 Å². The molecule has 0 saturated carbocycles. The van der Waals surface area contributed by atoms with Crippen LogP contribution in [-0.2, 0) is 0 Å². The fourth-order valence-corrected chi connectivity index (χ4v) is 2.12. The fourth-order valence-electron chi connectivity index (χ4n) is 2.12. The van der Waals surface area contributed by atoms with E-state index in [1.807, 2.05) is 6.92 Å². The van der Waals surface area contributed by atoms with Crippen LogP contribution in [-0.4, -0.2) is 29.1 Å². The number of pyridine rings is 1. The van der Waals surface area contributed by atoms with Crippen LogP contribution in [0.3, 0.4) is 0 Å². The van der Waals surface area contributed by atoms with E-state index in [4.69, 9.17) is 10.8 Å². The highest BCUT2D eigenvalue weighted by atomic mass is 16.4. The van der Waals surface area contributed by atoms with Crippen LogP contribution >= 0.6 is 0 Å². The van der Waals surface area contributed by atoms with Crippen LogP contribution in [0, 0.1) is 5.92 Å². The van der Waals surface area contributed by atoms with Crippen molar-refractivity contribution in [2.75, 3.05) is 23.7 Å². The van der Waals surface area contributed by atoms with E-state index in [-0.39, 0.29) is 11.3 Å². The summed E-state index contributed by atoms with van der Waals surface area (Å²) >= 11 is 0. The molecule has 0 fully saturated rings. The van der Waals surface area contributed by atoms with E-state index >= 15 is 0 Å². The van der Waals surface area contributed by atoms with Gasteiger partial charge in [-0.05, 0) is 18.9 Å². The maximum absolute atomic E-state index is 11.1. The van der Waals surface area contributed by atoms with Crippen molar-refractivity contribution in [2.24, 2.45) is 5.92 Å². The van der Waals surface area contributed by atoms with Gasteiger partial charge in [0.25, 0.3) is 0 Å². The van der Waals surface area contributed by atoms with Crippen LogP contribution in [0.2, 0.25) is 0 Å². The number of nitrogens with zero attached hydrogens (tertiary/aromatic N) is 2. The van der Waals surface area contributed by atoms with Crippen molar-refractivity contribution in [1.29, 1.82) is 0 Å². The second-order valence-electron chi connectivity index (χ2n) is 4.62. The Labute approximate surface area is 114 Å². The van der Waals surface area contributed by atoms with Gasteiger partial charge in [0.05, 0.1) is 11.3 Å². The first kappa shape index (κ1) is 15.3. The molecule has 106 valence electrons. The number of carboxylic acids is 1. The summed E-state index contributed by atoms with van der Waals surface area (Å²) in [5.74, 6) is 0.128. The van der Waals surface area contributed by atoms with Crippen LogP contribution in [0.5, 0.6) is 0 Å². The summed E-state index contributed by atoms with van der Waals surface area (Å²) in [6, 6.07) is 1.44. The van der Waals surface area contributed by atoms with Gasteiger partial charge < -0.3 is 15.7 Å². The third-order valence-electron chi connectivity index (χ3n) is 3.51. The molecule has 0 aliphatic rings. The number of aromatic nitrogens is 1. The number of aromatic carboxylic acids is 1. The van der Waals surface area contributed by atoms with Crippen molar-refractivity contribution in [1.82, 2.24) is 4.98 Å². The molecule has 0 atom stereocenters. The second-order valence-corrected chi connectivity index (χ2v) is 4.62. The lowest BCUT2D eigenvalue weighted by atomic mass is 10.0. The van der Waals surface area contributed by atoms with Gasteiger partial charge in [-0.2, -0.15) is 0 Å². The summed E-state index contributed by atoms with van der Waals surface area (Å²) in [6.07, 6.45) is 3.68. The van der Waals surface area contributed by atoms with Crippen LogP contribution in [0.1, 0.15) is 44.0 Å². The number of carbonyl (C=O) groups is 1. The minimum absolute atomic E-state index is 0.119. The van der Waals surface area contributed by atoms with Gasteiger partial charge in [0.15, 0.2) is 5.82 Å². The zero-order valence-electron chi connectivity index (χ0n) is 11.9. The largest absolute Gasteiger partial charge is 0.478 e. The van der Waals surface area contributed by atoms with Gasteiger partial charge in [0, 0.05) is 19.3 Å². The highest BCUT2D eigenvalue weighted by molar-refractivity contribution is 5.96. The smallest absolute Gasteiger partial charge is 0.337 e. The van der Waals surface area contributed by atoms with Crippen molar-refractivity contribution in [3.8, 4) is 0 Å². The molecule has 0 aliphatic heterocycles. The minimum atomic E-state index is -1.01. The highest BCUT2D eigenvalue weighted by Gasteiger charge is 2.18. The van der Waals surface area contributed by atoms with Crippen molar-refractivity contribution in [2.45, 2.75) is 33.6 Å². The van der Waals surface area contributed by atoms with Gasteiger partial charge in [-0.25, -0.2) is 9.78 Å². The Bertz CT molecular complexity index is 431. The van der Waals surface area contributed by atoms with Gasteiger partial charge >= 0.3 is 5.97 Å². The monoisotopic (exact) mass is 265 g/mol. The molecule has 0 saturated heterocycles. The molecule has 0 aromatic carbocycles. The maximum atomic E-state index is 11.1. The first-order valence-corrected chi connectivity index (χ1v) is 6.77. The molecule has 0 unspecified atom stereocenters. The zero-order valence-corrected chi connectivity index (χ0v) is 11.9. The third-order valence-corrected chi connectivity index (χ3v) is 3.51. The average molecular weight is 265 g/mol. The van der Waals surface area contributed by atoms with Gasteiger partial charge in [0.1, 0.15) is 0 Å². The lowest BCUT2D eigenvalue weighted by molar-refractivity contribution is 0.0698. The highest BCUT2D eigenvalue weighted by Crippen LogP contribution is 2.25. The molecule has 0 amide bonds. The molecule has 1 aromatic heterocycles. The number of nitrogen functional groups attached to an aromatic ring is 1. The molecule has 0 bridgehead atoms. The van der Waals surface area contributed by atoms with E-state index in [1.54, 1.807) is 0 Å². The summed E-state index contributed by atoms with van der Waals surface area (Å²) in [7, 11) is 0. The predicted octanol–water partition coefficient (Wildman–Crippen LogP) is 2.62. The first-order chi connectivity index (χ1) is 9.04. The quantitative estimate of drug-likeness (QED) is 0.792. The number of nitrogens with two attached hydrogens (primary N) is 1. The Balaban J connectivity index is 3.05. The van der Waals surface area contributed by atoms with E-state index in [0.29, 0.717) is 11.7 Å². The van der Waals surface area contributed by atoms with Crippen molar-refractivity contribution < 1.29 is 9.90 Å². The third kappa shape index (κ3) is 3.59. The number of hydrogen-bond acceptors (Lipinski definition) is 4. The standard InChI is InChI=1S/C14H23N3O2/c1-4-10(5-2)9-17(6-3)13-12(15)11(14(18)19)7-8-16-13/h7-8,10H,4-6,9,15H2,1-3H3,(H,18,19). The van der Waals surface area contributed by atoms with Crippen LogP contribution < -0.4 is 10.6 Å². The topological polar surface area (TPSA) is 79.5 Å². The lowest BCUT2D eigenvalue weighted by Crippen LogP contribution is -2.30. The van der Waals surface area contributed by atoms with E-state index in [1.165, 1.54) is 12.3 Å². The SMILES string of the molecule is CCC(CC)CN(CC)c1nccc(C(=O)O)c1N. The molecule has 5 nitrogen and oxygen atoms in total. The second kappa shape index (κ2) is 6.97. The predicted molar refractivity (Wildman–Crippen MR) is 77.6 cm³/mol. The molecule has 0 aliphatic carbocycles. The molecule has 3 N–H and O–H groups in total. The number of anilines is 2. The summed E-state index contributed by atoms with van der Waals surface area (Å²) in [5, 5.41) is 9.09. The summed E-state index contributed by atoms with van der Waals surface area (Å²) < 4.78 is 0. The van der Waals surface area contributed by atoms with Gasteiger partial charge in [0.2, 0.25) is 0 Å². The maximum Gasteiger partial charge on any atom is 0.337 e. The van der Waals surface area contributed by atoms with E-state index in [0.717, 1.165) is 25.9 Å². The van der Waals surface area contributed by atoms with Crippen LogP contribution in [0.15, 0.2) is 12.3 Å². The van der Waals surface area contributed by atoms with E-state index in [9.17, 15) is 4.79 Å². The van der Waals surface area contributed by atoms with Gasteiger partial charge in [-0.15, -0.1) is 0 Å². The van der Waals surface area contributed by atoms with Crippen molar-refractivity contribution in [3.63, 3.8) is 0 Å². The summed E-state index contributed by atoms with van der Waals surface area (Å²) in [6.45, 7) is 7.95. The molecule has 0 spiro atoms. The molecular formula is C14H23N3O2. The van der Waals surface area contributed by atoms with Gasteiger partial charge in [-0.1, -0.05) is 26.7 Å². The minimum Gasteiger partial charge on any atom is -0.478 e. The lowest BCUT2D eigenvalue weighted by Gasteiger charge is -2.27. The Morgan fingerprint density at radius 2 is 2.05 bits per heavy atom. The van der Waals surface area contributed by atoms with E-state index in [2.05, 4.69) is 23.7 Å². The molecule has 5 heteroatoms. The Morgan fingerprint density at radius 1 is 1.42 bits per heavy atom. The van der Waals surface area contributed by atoms with Crippen molar-refractivity contribution >= 4 is 17.5 Å². The van der Waals surface area contributed by atoms with Crippen LogP contribution in [0.4, 0.5) is 11.5 Å². The molecular weight excluding hydrogens is 242 g/mol. The number of carboxylic acid groups (broad SMARTS) is 1. The summed E-state index contributed by atoms with van der Waals surface area (Å²) in [5.41, 5.74) is 6.31. The molecule has 1 rings (SSSR count).